The van der Waals surface area contributed by atoms with Crippen molar-refractivity contribution in [3.05, 3.63) is 30.1 Å². The van der Waals surface area contributed by atoms with Crippen molar-refractivity contribution in [3.8, 4) is 0 Å². The number of nitrogens with zero attached hydrogens (tertiary/aromatic N) is 3. The van der Waals surface area contributed by atoms with E-state index in [9.17, 15) is 0 Å². The number of rotatable bonds is 7. The molecule has 0 spiro atoms. The summed E-state index contributed by atoms with van der Waals surface area (Å²) >= 11 is 0. The Hall–Kier alpha value is -0.970. The van der Waals surface area contributed by atoms with E-state index in [2.05, 4.69) is 27.8 Å². The van der Waals surface area contributed by atoms with Crippen molar-refractivity contribution in [3.63, 3.8) is 0 Å². The van der Waals surface area contributed by atoms with E-state index >= 15 is 0 Å². The molecule has 1 aromatic rings. The fourth-order valence-electron chi connectivity index (χ4n) is 3.25. The van der Waals surface area contributed by atoms with Gasteiger partial charge < -0.3 is 10.6 Å². The molecule has 2 heterocycles. The average molecular weight is 290 g/mol. The number of pyridine rings is 1. The first-order valence-electron chi connectivity index (χ1n) is 8.39. The van der Waals surface area contributed by atoms with E-state index in [4.69, 9.17) is 5.73 Å². The summed E-state index contributed by atoms with van der Waals surface area (Å²) < 4.78 is 0. The summed E-state index contributed by atoms with van der Waals surface area (Å²) in [5.74, 6) is 0. The van der Waals surface area contributed by atoms with Gasteiger partial charge in [-0.15, -0.1) is 0 Å². The summed E-state index contributed by atoms with van der Waals surface area (Å²) in [6.07, 6.45) is 8.55. The van der Waals surface area contributed by atoms with Crippen molar-refractivity contribution in [1.29, 1.82) is 0 Å². The van der Waals surface area contributed by atoms with Crippen LogP contribution in [0.4, 0.5) is 0 Å². The van der Waals surface area contributed by atoms with Gasteiger partial charge in [-0.25, -0.2) is 0 Å². The van der Waals surface area contributed by atoms with Gasteiger partial charge in [-0.2, -0.15) is 0 Å². The van der Waals surface area contributed by atoms with Gasteiger partial charge in [0.15, 0.2) is 0 Å². The Bertz CT molecular complexity index is 382. The molecule has 0 saturated carbocycles. The maximum absolute atomic E-state index is 5.75. The van der Waals surface area contributed by atoms with Crippen LogP contribution < -0.4 is 5.73 Å². The molecule has 0 radical (unpaired) electrons. The molecular weight excluding hydrogens is 260 g/mol. The lowest BCUT2D eigenvalue weighted by atomic mass is 10.1. The molecule has 1 aliphatic heterocycles. The molecule has 118 valence electrons. The summed E-state index contributed by atoms with van der Waals surface area (Å²) in [5, 5.41) is 0. The lowest BCUT2D eigenvalue weighted by Crippen LogP contribution is -2.39. The van der Waals surface area contributed by atoms with Crippen molar-refractivity contribution in [1.82, 2.24) is 14.8 Å². The van der Waals surface area contributed by atoms with Gasteiger partial charge in [0, 0.05) is 38.1 Å². The third kappa shape index (κ3) is 5.38. The smallest absolute Gasteiger partial charge is 0.0300 e. The van der Waals surface area contributed by atoms with Gasteiger partial charge in [0.05, 0.1) is 0 Å². The molecule has 0 bridgehead atoms. The summed E-state index contributed by atoms with van der Waals surface area (Å²) in [7, 11) is 0. The van der Waals surface area contributed by atoms with Crippen molar-refractivity contribution in [2.75, 3.05) is 39.3 Å². The molecule has 2 rings (SSSR count). The van der Waals surface area contributed by atoms with Crippen molar-refractivity contribution >= 4 is 0 Å². The zero-order valence-electron chi connectivity index (χ0n) is 13.4. The van der Waals surface area contributed by atoms with Crippen LogP contribution in [0, 0.1) is 0 Å². The maximum atomic E-state index is 5.75. The van der Waals surface area contributed by atoms with Crippen LogP contribution in [0.5, 0.6) is 0 Å². The molecule has 0 amide bonds. The van der Waals surface area contributed by atoms with E-state index in [0.29, 0.717) is 6.04 Å². The van der Waals surface area contributed by atoms with E-state index in [1.54, 1.807) is 0 Å². The van der Waals surface area contributed by atoms with Crippen molar-refractivity contribution in [2.24, 2.45) is 5.73 Å². The Morgan fingerprint density at radius 2 is 2.19 bits per heavy atom. The second kappa shape index (κ2) is 9.13. The largest absolute Gasteiger partial charge is 0.330 e. The highest BCUT2D eigenvalue weighted by molar-refractivity contribution is 5.08. The molecule has 1 fully saturated rings. The lowest BCUT2D eigenvalue weighted by molar-refractivity contribution is 0.186. The van der Waals surface area contributed by atoms with Crippen LogP contribution in [0.15, 0.2) is 24.5 Å². The fraction of sp³-hybridized carbons (Fsp3) is 0.706. The molecule has 0 aliphatic carbocycles. The summed E-state index contributed by atoms with van der Waals surface area (Å²) in [6.45, 7) is 9.04. The van der Waals surface area contributed by atoms with E-state index < -0.39 is 0 Å². The van der Waals surface area contributed by atoms with Gasteiger partial charge >= 0.3 is 0 Å². The number of hydrogen-bond donors (Lipinski definition) is 1. The van der Waals surface area contributed by atoms with Crippen LogP contribution in [-0.4, -0.2) is 60.1 Å². The van der Waals surface area contributed by atoms with Crippen molar-refractivity contribution in [2.45, 2.75) is 38.6 Å². The van der Waals surface area contributed by atoms with Crippen LogP contribution in [0.2, 0.25) is 0 Å². The monoisotopic (exact) mass is 290 g/mol. The lowest BCUT2D eigenvalue weighted by Gasteiger charge is -2.29. The second-order valence-electron chi connectivity index (χ2n) is 5.98. The summed E-state index contributed by atoms with van der Waals surface area (Å²) in [6, 6.07) is 4.87. The minimum atomic E-state index is 0.674. The first-order valence-corrected chi connectivity index (χ1v) is 8.39. The van der Waals surface area contributed by atoms with Gasteiger partial charge in [0.1, 0.15) is 0 Å². The molecule has 1 unspecified atom stereocenters. The average Bonchev–Trinajstić information content (AvgIpc) is 2.77. The van der Waals surface area contributed by atoms with Gasteiger partial charge in [-0.1, -0.05) is 13.0 Å². The normalized spacial score (nSPS) is 19.3. The highest BCUT2D eigenvalue weighted by Crippen LogP contribution is 2.12. The molecule has 4 heteroatoms. The molecular formula is C17H30N4. The van der Waals surface area contributed by atoms with Crippen LogP contribution >= 0.6 is 0 Å². The maximum Gasteiger partial charge on any atom is 0.0300 e. The van der Waals surface area contributed by atoms with Crippen LogP contribution in [0.3, 0.4) is 0 Å². The molecule has 1 atom stereocenters. The molecule has 4 nitrogen and oxygen atoms in total. The van der Waals surface area contributed by atoms with Gasteiger partial charge in [0.25, 0.3) is 0 Å². The number of nitrogens with two attached hydrogens (primary N) is 1. The molecule has 1 aromatic heterocycles. The third-order valence-electron chi connectivity index (χ3n) is 4.55. The standard InChI is InChI=1S/C17H30N4/c1-2-17(6-8-18)21-11-4-10-20(13-14-21)12-7-16-5-3-9-19-15-16/h3,5,9,15,17H,2,4,6-8,10-14,18H2,1H3. The molecule has 1 saturated heterocycles. The Morgan fingerprint density at radius 3 is 2.90 bits per heavy atom. The van der Waals surface area contributed by atoms with Crippen LogP contribution in [-0.2, 0) is 6.42 Å². The topological polar surface area (TPSA) is 45.4 Å². The Kier molecular flexibility index (Phi) is 7.13. The number of hydrogen-bond acceptors (Lipinski definition) is 4. The van der Waals surface area contributed by atoms with E-state index in [1.165, 1.54) is 44.6 Å². The number of aromatic nitrogens is 1. The van der Waals surface area contributed by atoms with Crippen molar-refractivity contribution < 1.29 is 0 Å². The zero-order valence-corrected chi connectivity index (χ0v) is 13.4. The Labute approximate surface area is 129 Å². The molecule has 1 aliphatic rings. The first kappa shape index (κ1) is 16.4. The highest BCUT2D eigenvalue weighted by Gasteiger charge is 2.20. The zero-order chi connectivity index (χ0) is 14.9. The minimum absolute atomic E-state index is 0.674. The fourth-order valence-corrected chi connectivity index (χ4v) is 3.25. The highest BCUT2D eigenvalue weighted by atomic mass is 15.2. The van der Waals surface area contributed by atoms with Crippen LogP contribution in [0.1, 0.15) is 31.7 Å². The van der Waals surface area contributed by atoms with Gasteiger partial charge in [-0.05, 0) is 56.9 Å². The first-order chi connectivity index (χ1) is 10.3. The van der Waals surface area contributed by atoms with Gasteiger partial charge in [-0.3, -0.25) is 9.88 Å². The summed E-state index contributed by atoms with van der Waals surface area (Å²) in [4.78, 5) is 9.44. The third-order valence-corrected chi connectivity index (χ3v) is 4.55. The molecule has 0 aromatic carbocycles. The SMILES string of the molecule is CCC(CCN)N1CCCN(CCc2cccnc2)CC1. The summed E-state index contributed by atoms with van der Waals surface area (Å²) in [5.41, 5.74) is 7.09. The molecule has 2 N–H and O–H groups in total. The van der Waals surface area contributed by atoms with Crippen LogP contribution in [0.25, 0.3) is 0 Å². The van der Waals surface area contributed by atoms with E-state index in [-0.39, 0.29) is 0 Å². The van der Waals surface area contributed by atoms with Gasteiger partial charge in [0.2, 0.25) is 0 Å². The predicted octanol–water partition coefficient (Wildman–Crippen LogP) is 1.76. The molecule has 21 heavy (non-hydrogen) atoms. The quantitative estimate of drug-likeness (QED) is 0.831. The minimum Gasteiger partial charge on any atom is -0.330 e. The Balaban J connectivity index is 1.78. The Morgan fingerprint density at radius 1 is 1.29 bits per heavy atom. The predicted molar refractivity (Wildman–Crippen MR) is 88.3 cm³/mol. The second-order valence-corrected chi connectivity index (χ2v) is 5.98. The van der Waals surface area contributed by atoms with E-state index in [1.807, 2.05) is 18.5 Å². The van der Waals surface area contributed by atoms with E-state index in [0.717, 1.165) is 25.9 Å².